The Morgan fingerprint density at radius 1 is 1.27 bits per heavy atom. The molecule has 2 N–H and O–H groups in total. The van der Waals surface area contributed by atoms with Gasteiger partial charge in [0, 0.05) is 24.3 Å². The maximum absolute atomic E-state index is 12.5. The summed E-state index contributed by atoms with van der Waals surface area (Å²) in [5.74, 6) is -0.321. The van der Waals surface area contributed by atoms with Crippen LogP contribution in [0.1, 0.15) is 18.5 Å². The Hall–Kier alpha value is -2.41. The first-order chi connectivity index (χ1) is 12.5. The summed E-state index contributed by atoms with van der Waals surface area (Å²) in [4.78, 5) is 34.6. The van der Waals surface area contributed by atoms with Gasteiger partial charge in [-0.1, -0.05) is 42.1 Å². The molecule has 0 radical (unpaired) electrons. The van der Waals surface area contributed by atoms with Gasteiger partial charge in [-0.2, -0.15) is 0 Å². The van der Waals surface area contributed by atoms with Gasteiger partial charge in [-0.05, 0) is 25.8 Å². The van der Waals surface area contributed by atoms with Gasteiger partial charge in [-0.3, -0.25) is 9.59 Å². The van der Waals surface area contributed by atoms with Crippen LogP contribution in [0.2, 0.25) is 0 Å². The van der Waals surface area contributed by atoms with E-state index in [0.717, 1.165) is 29.8 Å². The number of hydrogen-bond donors (Lipinski definition) is 1. The monoisotopic (exact) mass is 370 g/mol. The predicted octanol–water partition coefficient (Wildman–Crippen LogP) is 2.27. The summed E-state index contributed by atoms with van der Waals surface area (Å²) in [5.41, 5.74) is 8.11. The number of piperidine rings is 1. The summed E-state index contributed by atoms with van der Waals surface area (Å²) in [6.45, 7) is 3.01. The second kappa shape index (κ2) is 8.31. The summed E-state index contributed by atoms with van der Waals surface area (Å²) in [6, 6.07) is 11.8. The first-order valence-corrected chi connectivity index (χ1v) is 9.62. The van der Waals surface area contributed by atoms with Crippen molar-refractivity contribution in [2.75, 3.05) is 18.8 Å². The summed E-state index contributed by atoms with van der Waals surface area (Å²) in [7, 11) is 0. The van der Waals surface area contributed by atoms with Crippen molar-refractivity contribution in [1.29, 1.82) is 0 Å². The molecule has 2 aromatic rings. The third kappa shape index (κ3) is 4.60. The number of amides is 2. The molecule has 26 heavy (non-hydrogen) atoms. The Morgan fingerprint density at radius 2 is 2.04 bits per heavy atom. The molecule has 1 aromatic heterocycles. The number of thioether (sulfide) groups is 1. The van der Waals surface area contributed by atoms with Crippen LogP contribution in [0, 0.1) is 12.8 Å². The van der Waals surface area contributed by atoms with Crippen molar-refractivity contribution in [2.45, 2.75) is 24.9 Å². The Labute approximate surface area is 157 Å². The minimum Gasteiger partial charge on any atom is -0.369 e. The van der Waals surface area contributed by atoms with Crippen LogP contribution >= 0.6 is 11.8 Å². The lowest BCUT2D eigenvalue weighted by Gasteiger charge is -2.31. The second-order valence-electron chi connectivity index (χ2n) is 6.41. The zero-order valence-corrected chi connectivity index (χ0v) is 15.5. The number of carbonyl (C=O) groups excluding carboxylic acids is 2. The maximum Gasteiger partial charge on any atom is 0.233 e. The van der Waals surface area contributed by atoms with E-state index in [1.165, 1.54) is 11.8 Å². The van der Waals surface area contributed by atoms with Gasteiger partial charge in [-0.25, -0.2) is 9.97 Å². The molecular weight excluding hydrogens is 348 g/mol. The quantitative estimate of drug-likeness (QED) is 0.644. The fourth-order valence-electron chi connectivity index (χ4n) is 3.02. The highest BCUT2D eigenvalue weighted by molar-refractivity contribution is 7.99. The van der Waals surface area contributed by atoms with Gasteiger partial charge in [0.2, 0.25) is 11.8 Å². The van der Waals surface area contributed by atoms with Crippen molar-refractivity contribution >= 4 is 23.6 Å². The standard InChI is InChI=1S/C19H22N4O2S/c1-13-10-16(14-6-3-2-4-7-14)22-19(21-13)26-12-17(24)23-9-5-8-15(11-23)18(20)25/h2-4,6-7,10,15H,5,8-9,11-12H2,1H3,(H2,20,25)/t15-/m1/s1. The van der Waals surface area contributed by atoms with Crippen molar-refractivity contribution in [1.82, 2.24) is 14.9 Å². The van der Waals surface area contributed by atoms with E-state index >= 15 is 0 Å². The van der Waals surface area contributed by atoms with Crippen LogP contribution in [0.15, 0.2) is 41.6 Å². The van der Waals surface area contributed by atoms with E-state index in [1.807, 2.05) is 43.3 Å². The van der Waals surface area contributed by atoms with E-state index in [-0.39, 0.29) is 23.5 Å². The molecule has 0 spiro atoms. The molecule has 0 saturated carbocycles. The van der Waals surface area contributed by atoms with Crippen LogP contribution in [-0.2, 0) is 9.59 Å². The van der Waals surface area contributed by atoms with Gasteiger partial charge in [0.05, 0.1) is 17.4 Å². The van der Waals surface area contributed by atoms with Crippen LogP contribution < -0.4 is 5.73 Å². The molecule has 3 rings (SSSR count). The van der Waals surface area contributed by atoms with Crippen LogP contribution in [0.5, 0.6) is 0 Å². The summed E-state index contributed by atoms with van der Waals surface area (Å²) in [5, 5.41) is 0.584. The lowest BCUT2D eigenvalue weighted by molar-refractivity contribution is -0.132. The first kappa shape index (κ1) is 18.4. The van der Waals surface area contributed by atoms with Crippen LogP contribution in [0.25, 0.3) is 11.3 Å². The van der Waals surface area contributed by atoms with Crippen molar-refractivity contribution in [3.63, 3.8) is 0 Å². The molecule has 1 atom stereocenters. The number of nitrogens with two attached hydrogens (primary N) is 1. The third-order valence-electron chi connectivity index (χ3n) is 4.40. The third-order valence-corrected chi connectivity index (χ3v) is 5.24. The molecule has 1 fully saturated rings. The number of rotatable bonds is 5. The average Bonchev–Trinajstić information content (AvgIpc) is 2.66. The minimum absolute atomic E-state index is 0.00711. The normalized spacial score (nSPS) is 17.1. The molecular formula is C19H22N4O2S. The highest BCUT2D eigenvalue weighted by atomic mass is 32.2. The van der Waals surface area contributed by atoms with E-state index in [0.29, 0.717) is 18.2 Å². The zero-order chi connectivity index (χ0) is 18.5. The van der Waals surface area contributed by atoms with Crippen molar-refractivity contribution in [3.8, 4) is 11.3 Å². The average molecular weight is 370 g/mol. The van der Waals surface area contributed by atoms with Crippen LogP contribution in [0.4, 0.5) is 0 Å². The number of likely N-dealkylation sites (tertiary alicyclic amines) is 1. The predicted molar refractivity (Wildman–Crippen MR) is 101 cm³/mol. The van der Waals surface area contributed by atoms with Gasteiger partial charge < -0.3 is 10.6 Å². The highest BCUT2D eigenvalue weighted by Gasteiger charge is 2.27. The van der Waals surface area contributed by atoms with Crippen LogP contribution in [0.3, 0.4) is 0 Å². The van der Waals surface area contributed by atoms with Crippen LogP contribution in [-0.4, -0.2) is 45.5 Å². The van der Waals surface area contributed by atoms with E-state index < -0.39 is 0 Å². The smallest absolute Gasteiger partial charge is 0.233 e. The molecule has 0 bridgehead atoms. The molecule has 1 aliphatic rings. The SMILES string of the molecule is Cc1cc(-c2ccccc2)nc(SCC(=O)N2CCC[C@@H](C(N)=O)C2)n1. The van der Waals surface area contributed by atoms with Gasteiger partial charge in [0.1, 0.15) is 0 Å². The minimum atomic E-state index is -0.329. The van der Waals surface area contributed by atoms with Gasteiger partial charge in [0.15, 0.2) is 5.16 Å². The molecule has 2 amide bonds. The van der Waals surface area contributed by atoms with Crippen molar-refractivity contribution in [2.24, 2.45) is 11.7 Å². The molecule has 6 nitrogen and oxygen atoms in total. The number of aromatic nitrogens is 2. The topological polar surface area (TPSA) is 89.2 Å². The van der Waals surface area contributed by atoms with Crippen molar-refractivity contribution in [3.05, 3.63) is 42.1 Å². The van der Waals surface area contributed by atoms with Gasteiger partial charge >= 0.3 is 0 Å². The first-order valence-electron chi connectivity index (χ1n) is 8.64. The Balaban J connectivity index is 1.65. The summed E-state index contributed by atoms with van der Waals surface area (Å²) >= 11 is 1.33. The number of carbonyl (C=O) groups is 2. The fourth-order valence-corrected chi connectivity index (χ4v) is 3.82. The second-order valence-corrected chi connectivity index (χ2v) is 7.36. The highest BCUT2D eigenvalue weighted by Crippen LogP contribution is 2.23. The largest absolute Gasteiger partial charge is 0.369 e. The lowest BCUT2D eigenvalue weighted by atomic mass is 9.97. The lowest BCUT2D eigenvalue weighted by Crippen LogP contribution is -2.44. The van der Waals surface area contributed by atoms with Gasteiger partial charge in [-0.15, -0.1) is 0 Å². The fraction of sp³-hybridized carbons (Fsp3) is 0.368. The number of hydrogen-bond acceptors (Lipinski definition) is 5. The van der Waals surface area contributed by atoms with E-state index in [2.05, 4.69) is 9.97 Å². The molecule has 136 valence electrons. The van der Waals surface area contributed by atoms with E-state index in [1.54, 1.807) is 4.90 Å². The molecule has 7 heteroatoms. The Morgan fingerprint density at radius 3 is 2.77 bits per heavy atom. The molecule has 1 aromatic carbocycles. The molecule has 2 heterocycles. The number of nitrogens with zero attached hydrogens (tertiary/aromatic N) is 3. The number of benzene rings is 1. The number of primary amides is 1. The Kier molecular flexibility index (Phi) is 5.88. The number of aryl methyl sites for hydroxylation is 1. The summed E-state index contributed by atoms with van der Waals surface area (Å²) < 4.78 is 0. The molecule has 1 saturated heterocycles. The molecule has 1 aliphatic heterocycles. The maximum atomic E-state index is 12.5. The zero-order valence-electron chi connectivity index (χ0n) is 14.7. The Bertz CT molecular complexity index is 797. The van der Waals surface area contributed by atoms with E-state index in [9.17, 15) is 9.59 Å². The van der Waals surface area contributed by atoms with E-state index in [4.69, 9.17) is 5.73 Å². The molecule has 0 aliphatic carbocycles. The summed E-state index contributed by atoms with van der Waals surface area (Å²) in [6.07, 6.45) is 1.57. The molecule has 0 unspecified atom stereocenters. The van der Waals surface area contributed by atoms with Gasteiger partial charge in [0.25, 0.3) is 0 Å². The van der Waals surface area contributed by atoms with Crippen molar-refractivity contribution < 1.29 is 9.59 Å².